The van der Waals surface area contributed by atoms with Crippen molar-refractivity contribution in [2.45, 2.75) is 18.9 Å². The van der Waals surface area contributed by atoms with Gasteiger partial charge in [-0.05, 0) is 12.8 Å². The fourth-order valence-electron chi connectivity index (χ4n) is 1.33. The van der Waals surface area contributed by atoms with Crippen molar-refractivity contribution in [2.24, 2.45) is 0 Å². The summed E-state index contributed by atoms with van der Waals surface area (Å²) in [4.78, 5) is 21.3. The second-order valence-electron chi connectivity index (χ2n) is 3.34. The van der Waals surface area contributed by atoms with Crippen LogP contribution in [0.3, 0.4) is 0 Å². The molecular weight excluding hydrogens is 220 g/mol. The van der Waals surface area contributed by atoms with Gasteiger partial charge in [-0.1, -0.05) is 0 Å². The minimum Gasteiger partial charge on any atom is -0.480 e. The summed E-state index contributed by atoms with van der Waals surface area (Å²) >= 11 is 0. The number of rotatable bonds is 3. The zero-order valence-corrected chi connectivity index (χ0v) is 9.01. The number of urea groups is 1. The number of carbonyl (C=O) groups is 2. The summed E-state index contributed by atoms with van der Waals surface area (Å²) in [6.07, 6.45) is 1.38. The van der Waals surface area contributed by atoms with Crippen molar-refractivity contribution in [3.63, 3.8) is 0 Å². The number of hydrogen-bond donors (Lipinski definition) is 3. The molecule has 1 rings (SSSR count). The molecule has 1 saturated heterocycles. The molecule has 0 saturated carbocycles. The maximum atomic E-state index is 11.1. The van der Waals surface area contributed by atoms with Crippen LogP contribution in [-0.4, -0.2) is 45.4 Å². The summed E-state index contributed by atoms with van der Waals surface area (Å²) in [6, 6.07) is -0.466. The Morgan fingerprint density at radius 1 is 1.33 bits per heavy atom. The third kappa shape index (κ3) is 4.78. The molecule has 1 aliphatic heterocycles. The average molecular weight is 234 g/mol. The molecule has 0 aromatic rings. The SMILES string of the molecule is O=C(O)CNC(=O)NC1CCS(=O)CC1. The monoisotopic (exact) mass is 234 g/mol. The van der Waals surface area contributed by atoms with Crippen LogP contribution in [0.15, 0.2) is 0 Å². The first-order chi connectivity index (χ1) is 7.08. The number of amides is 2. The zero-order valence-electron chi connectivity index (χ0n) is 8.19. The first kappa shape index (κ1) is 12.0. The van der Waals surface area contributed by atoms with E-state index in [1.165, 1.54) is 0 Å². The van der Waals surface area contributed by atoms with Gasteiger partial charge in [-0.15, -0.1) is 0 Å². The van der Waals surface area contributed by atoms with Gasteiger partial charge >= 0.3 is 12.0 Å². The number of carboxylic acid groups (broad SMARTS) is 1. The summed E-state index contributed by atoms with van der Waals surface area (Å²) in [5.41, 5.74) is 0. The third-order valence-corrected chi connectivity index (χ3v) is 3.51. The van der Waals surface area contributed by atoms with Crippen molar-refractivity contribution in [3.05, 3.63) is 0 Å². The Labute approximate surface area is 89.9 Å². The van der Waals surface area contributed by atoms with E-state index in [9.17, 15) is 13.8 Å². The second kappa shape index (κ2) is 5.69. The van der Waals surface area contributed by atoms with Crippen LogP contribution >= 0.6 is 0 Å². The van der Waals surface area contributed by atoms with Crippen LogP contribution in [-0.2, 0) is 15.6 Å². The quantitative estimate of drug-likeness (QED) is 0.600. The summed E-state index contributed by atoms with van der Waals surface area (Å²) in [5, 5.41) is 13.2. The van der Waals surface area contributed by atoms with E-state index in [0.717, 1.165) is 0 Å². The van der Waals surface area contributed by atoms with Crippen molar-refractivity contribution in [1.29, 1.82) is 0 Å². The molecule has 86 valence electrons. The van der Waals surface area contributed by atoms with Crippen LogP contribution in [0.5, 0.6) is 0 Å². The van der Waals surface area contributed by atoms with E-state index in [1.54, 1.807) is 0 Å². The Balaban J connectivity index is 2.20. The predicted molar refractivity (Wildman–Crippen MR) is 55.1 cm³/mol. The van der Waals surface area contributed by atoms with Crippen molar-refractivity contribution in [1.82, 2.24) is 10.6 Å². The van der Waals surface area contributed by atoms with Crippen molar-refractivity contribution < 1.29 is 18.9 Å². The van der Waals surface area contributed by atoms with E-state index in [-0.39, 0.29) is 12.6 Å². The summed E-state index contributed by atoms with van der Waals surface area (Å²) in [7, 11) is -0.753. The summed E-state index contributed by atoms with van der Waals surface area (Å²) in [6.45, 7) is -0.384. The lowest BCUT2D eigenvalue weighted by Gasteiger charge is -2.22. The van der Waals surface area contributed by atoms with Crippen LogP contribution < -0.4 is 10.6 Å². The largest absolute Gasteiger partial charge is 0.480 e. The lowest BCUT2D eigenvalue weighted by molar-refractivity contribution is -0.135. The van der Waals surface area contributed by atoms with Gasteiger partial charge < -0.3 is 15.7 Å². The van der Waals surface area contributed by atoms with Gasteiger partial charge in [0, 0.05) is 28.3 Å². The number of carboxylic acids is 1. The number of aliphatic carboxylic acids is 1. The lowest BCUT2D eigenvalue weighted by Crippen LogP contribution is -2.46. The molecule has 0 aliphatic carbocycles. The van der Waals surface area contributed by atoms with Crippen molar-refractivity contribution in [3.8, 4) is 0 Å². The fraction of sp³-hybridized carbons (Fsp3) is 0.750. The molecule has 0 aromatic heterocycles. The van der Waals surface area contributed by atoms with E-state index in [2.05, 4.69) is 10.6 Å². The fourth-order valence-corrected chi connectivity index (χ4v) is 2.63. The minimum absolute atomic E-state index is 0.0106. The van der Waals surface area contributed by atoms with E-state index < -0.39 is 22.8 Å². The summed E-state index contributed by atoms with van der Waals surface area (Å²) < 4.78 is 11.0. The van der Waals surface area contributed by atoms with Gasteiger partial charge in [0.05, 0.1) is 0 Å². The standard InChI is InChI=1S/C8H14N2O4S/c11-7(12)5-9-8(13)10-6-1-3-15(14)4-2-6/h6H,1-5H2,(H,11,12)(H2,9,10,13). The third-order valence-electron chi connectivity index (χ3n) is 2.12. The smallest absolute Gasteiger partial charge is 0.323 e. The molecule has 0 aromatic carbocycles. The maximum Gasteiger partial charge on any atom is 0.323 e. The van der Waals surface area contributed by atoms with Gasteiger partial charge in [0.15, 0.2) is 0 Å². The van der Waals surface area contributed by atoms with Gasteiger partial charge in [0.2, 0.25) is 0 Å². The molecule has 2 amide bonds. The van der Waals surface area contributed by atoms with Gasteiger partial charge in [0.1, 0.15) is 6.54 Å². The van der Waals surface area contributed by atoms with E-state index in [0.29, 0.717) is 24.3 Å². The minimum atomic E-state index is -1.07. The summed E-state index contributed by atoms with van der Waals surface area (Å²) in [5.74, 6) is 0.128. The number of carbonyl (C=O) groups excluding carboxylic acids is 1. The number of hydrogen-bond acceptors (Lipinski definition) is 3. The lowest BCUT2D eigenvalue weighted by atomic mass is 10.2. The zero-order chi connectivity index (χ0) is 11.3. The van der Waals surface area contributed by atoms with Crippen molar-refractivity contribution >= 4 is 22.8 Å². The highest BCUT2D eigenvalue weighted by atomic mass is 32.2. The number of nitrogens with one attached hydrogen (secondary N) is 2. The van der Waals surface area contributed by atoms with Gasteiger partial charge in [-0.25, -0.2) is 4.79 Å². The highest BCUT2D eigenvalue weighted by molar-refractivity contribution is 7.85. The highest BCUT2D eigenvalue weighted by Gasteiger charge is 2.19. The molecule has 7 heteroatoms. The Bertz CT molecular complexity index is 272. The second-order valence-corrected chi connectivity index (χ2v) is 5.04. The Kier molecular flexibility index (Phi) is 4.54. The molecule has 15 heavy (non-hydrogen) atoms. The maximum absolute atomic E-state index is 11.1. The van der Waals surface area contributed by atoms with E-state index >= 15 is 0 Å². The molecule has 1 aliphatic rings. The molecular formula is C8H14N2O4S. The van der Waals surface area contributed by atoms with Crippen LogP contribution in [0.1, 0.15) is 12.8 Å². The van der Waals surface area contributed by atoms with E-state index in [1.807, 2.05) is 0 Å². The van der Waals surface area contributed by atoms with E-state index in [4.69, 9.17) is 5.11 Å². The molecule has 0 bridgehead atoms. The highest BCUT2D eigenvalue weighted by Crippen LogP contribution is 2.08. The van der Waals surface area contributed by atoms with Crippen LogP contribution in [0.25, 0.3) is 0 Å². The van der Waals surface area contributed by atoms with Crippen LogP contribution in [0.4, 0.5) is 4.79 Å². The topological polar surface area (TPSA) is 95.5 Å². The van der Waals surface area contributed by atoms with Crippen molar-refractivity contribution in [2.75, 3.05) is 18.1 Å². The molecule has 1 fully saturated rings. The Hall–Kier alpha value is -1.11. The normalized spacial score (nSPS) is 25.6. The molecule has 1 heterocycles. The molecule has 6 nitrogen and oxygen atoms in total. The Morgan fingerprint density at radius 3 is 2.47 bits per heavy atom. The molecule has 0 spiro atoms. The molecule has 3 N–H and O–H groups in total. The molecule has 0 atom stereocenters. The Morgan fingerprint density at radius 2 is 1.93 bits per heavy atom. The first-order valence-corrected chi connectivity index (χ1v) is 6.18. The van der Waals surface area contributed by atoms with Crippen LogP contribution in [0.2, 0.25) is 0 Å². The van der Waals surface area contributed by atoms with Crippen LogP contribution in [0, 0.1) is 0 Å². The predicted octanol–water partition coefficient (Wildman–Crippen LogP) is -0.719. The van der Waals surface area contributed by atoms with Gasteiger partial charge in [-0.3, -0.25) is 9.00 Å². The molecule has 0 unspecified atom stereocenters. The average Bonchev–Trinajstić information content (AvgIpc) is 2.19. The molecule has 0 radical (unpaired) electrons. The van der Waals surface area contributed by atoms with Gasteiger partial charge in [-0.2, -0.15) is 0 Å². The van der Waals surface area contributed by atoms with Gasteiger partial charge in [0.25, 0.3) is 0 Å². The first-order valence-electron chi connectivity index (χ1n) is 4.69.